The van der Waals surface area contributed by atoms with E-state index in [0.717, 1.165) is 16.7 Å². The molecule has 1 N–H and O–H groups in total. The van der Waals surface area contributed by atoms with Gasteiger partial charge >= 0.3 is 5.97 Å². The minimum absolute atomic E-state index is 0.00710. The SMILES string of the molecule is O=C(O)c1ccc2c(c(-c3cccc(F)c3)nn2C(c2ccccc2)(c2ccccc2)c2ccccc2)c1F. The Bertz CT molecular complexity index is 1700. The Balaban J connectivity index is 1.83. The maximum absolute atomic E-state index is 16.0. The predicted octanol–water partition coefficient (Wildman–Crippen LogP) is 7.52. The standard InChI is InChI=1S/C33H22F2N2O2/c34-26-18-10-11-22(21-26)31-29-28(20-19-27(30(29)35)32(38)39)37(36-31)33(23-12-4-1-5-13-23,24-14-6-2-7-15-24)25-16-8-3-9-17-25/h1-21H,(H,38,39). The van der Waals surface area contributed by atoms with E-state index >= 15 is 4.39 Å². The first-order chi connectivity index (χ1) is 19.0. The summed E-state index contributed by atoms with van der Waals surface area (Å²) in [5.74, 6) is -2.83. The van der Waals surface area contributed by atoms with Crippen LogP contribution in [0.5, 0.6) is 0 Å². The van der Waals surface area contributed by atoms with Gasteiger partial charge in [-0.2, -0.15) is 5.10 Å². The van der Waals surface area contributed by atoms with Crippen LogP contribution in [0.4, 0.5) is 8.78 Å². The van der Waals surface area contributed by atoms with Gasteiger partial charge in [0.1, 0.15) is 22.9 Å². The Morgan fingerprint density at radius 1 is 0.692 bits per heavy atom. The molecule has 0 bridgehead atoms. The monoisotopic (exact) mass is 516 g/mol. The molecular formula is C33H22F2N2O2. The van der Waals surface area contributed by atoms with Crippen molar-refractivity contribution in [1.82, 2.24) is 9.78 Å². The number of aromatic carboxylic acids is 1. The molecule has 0 spiro atoms. The molecule has 1 heterocycles. The summed E-state index contributed by atoms with van der Waals surface area (Å²) in [7, 11) is 0. The van der Waals surface area contributed by atoms with Crippen molar-refractivity contribution in [3.8, 4) is 11.3 Å². The second kappa shape index (κ2) is 9.65. The molecular weight excluding hydrogens is 494 g/mol. The van der Waals surface area contributed by atoms with Gasteiger partial charge in [-0.15, -0.1) is 0 Å². The van der Waals surface area contributed by atoms with Gasteiger partial charge < -0.3 is 5.11 Å². The second-order valence-corrected chi connectivity index (χ2v) is 9.21. The van der Waals surface area contributed by atoms with Crippen molar-refractivity contribution in [3.63, 3.8) is 0 Å². The summed E-state index contributed by atoms with van der Waals surface area (Å²) in [5.41, 5.74) is 1.88. The third-order valence-corrected chi connectivity index (χ3v) is 7.01. The van der Waals surface area contributed by atoms with E-state index in [2.05, 4.69) is 0 Å². The molecule has 6 rings (SSSR count). The third-order valence-electron chi connectivity index (χ3n) is 7.01. The fraction of sp³-hybridized carbons (Fsp3) is 0.0303. The molecule has 0 saturated heterocycles. The lowest BCUT2D eigenvalue weighted by Crippen LogP contribution is -2.38. The highest BCUT2D eigenvalue weighted by Gasteiger charge is 2.41. The lowest BCUT2D eigenvalue weighted by Gasteiger charge is -2.37. The summed E-state index contributed by atoms with van der Waals surface area (Å²) in [5, 5.41) is 14.7. The first kappa shape index (κ1) is 24.2. The van der Waals surface area contributed by atoms with E-state index in [-0.39, 0.29) is 11.1 Å². The van der Waals surface area contributed by atoms with Crippen LogP contribution >= 0.6 is 0 Å². The van der Waals surface area contributed by atoms with Crippen LogP contribution in [-0.4, -0.2) is 20.9 Å². The zero-order valence-corrected chi connectivity index (χ0v) is 20.6. The van der Waals surface area contributed by atoms with Crippen molar-refractivity contribution >= 4 is 16.9 Å². The van der Waals surface area contributed by atoms with Crippen LogP contribution in [0.2, 0.25) is 0 Å². The van der Waals surface area contributed by atoms with E-state index in [4.69, 9.17) is 5.10 Å². The predicted molar refractivity (Wildman–Crippen MR) is 147 cm³/mol. The fourth-order valence-electron chi connectivity index (χ4n) is 5.34. The number of nitrogens with zero attached hydrogens (tertiary/aromatic N) is 2. The largest absolute Gasteiger partial charge is 0.478 e. The number of carboxylic acids is 1. The molecule has 1 aromatic heterocycles. The molecule has 0 atom stereocenters. The maximum atomic E-state index is 16.0. The van der Waals surface area contributed by atoms with Crippen molar-refractivity contribution in [3.05, 3.63) is 161 Å². The average molecular weight is 517 g/mol. The summed E-state index contributed by atoms with van der Waals surface area (Å²) in [6, 6.07) is 37.8. The van der Waals surface area contributed by atoms with Gasteiger partial charge in [-0.3, -0.25) is 0 Å². The fourth-order valence-corrected chi connectivity index (χ4v) is 5.34. The van der Waals surface area contributed by atoms with Crippen molar-refractivity contribution in [1.29, 1.82) is 0 Å². The van der Waals surface area contributed by atoms with Crippen molar-refractivity contribution in [2.75, 3.05) is 0 Å². The molecule has 4 nitrogen and oxygen atoms in total. The number of benzene rings is 5. The molecule has 0 aliphatic heterocycles. The number of carbonyl (C=O) groups is 1. The summed E-state index contributed by atoms with van der Waals surface area (Å²) >= 11 is 0. The summed E-state index contributed by atoms with van der Waals surface area (Å²) in [6.45, 7) is 0. The topological polar surface area (TPSA) is 55.1 Å². The van der Waals surface area contributed by atoms with E-state index in [1.807, 2.05) is 91.0 Å². The minimum Gasteiger partial charge on any atom is -0.478 e. The van der Waals surface area contributed by atoms with Gasteiger partial charge in [0.2, 0.25) is 0 Å². The molecule has 6 aromatic rings. The Hall–Kier alpha value is -5.10. The third kappa shape index (κ3) is 3.89. The molecule has 0 fully saturated rings. The van der Waals surface area contributed by atoms with Crippen LogP contribution in [0.3, 0.4) is 0 Å². The van der Waals surface area contributed by atoms with Gasteiger partial charge in [0, 0.05) is 5.56 Å². The van der Waals surface area contributed by atoms with Gasteiger partial charge in [-0.25, -0.2) is 18.3 Å². The first-order valence-electron chi connectivity index (χ1n) is 12.4. The van der Waals surface area contributed by atoms with E-state index < -0.39 is 28.7 Å². The smallest absolute Gasteiger partial charge is 0.338 e. The number of hydrogen-bond acceptors (Lipinski definition) is 2. The van der Waals surface area contributed by atoms with E-state index in [1.54, 1.807) is 16.8 Å². The lowest BCUT2D eigenvalue weighted by molar-refractivity contribution is 0.0692. The van der Waals surface area contributed by atoms with Crippen LogP contribution in [0.1, 0.15) is 27.0 Å². The Morgan fingerprint density at radius 3 is 1.72 bits per heavy atom. The van der Waals surface area contributed by atoms with Crippen molar-refractivity contribution < 1.29 is 18.7 Å². The Labute approximate surface area is 223 Å². The number of carboxylic acid groups (broad SMARTS) is 1. The molecule has 0 aliphatic carbocycles. The summed E-state index contributed by atoms with van der Waals surface area (Å²) < 4.78 is 32.2. The average Bonchev–Trinajstić information content (AvgIpc) is 3.36. The van der Waals surface area contributed by atoms with Crippen molar-refractivity contribution in [2.24, 2.45) is 0 Å². The Morgan fingerprint density at radius 2 is 1.23 bits per heavy atom. The maximum Gasteiger partial charge on any atom is 0.338 e. The van der Waals surface area contributed by atoms with Crippen LogP contribution in [0, 0.1) is 11.6 Å². The number of rotatable bonds is 6. The minimum atomic E-state index is -1.40. The van der Waals surface area contributed by atoms with Gasteiger partial charge in [-0.1, -0.05) is 103 Å². The second-order valence-electron chi connectivity index (χ2n) is 9.21. The molecule has 5 aromatic carbocycles. The van der Waals surface area contributed by atoms with Gasteiger partial charge in [0.05, 0.1) is 16.5 Å². The normalized spacial score (nSPS) is 11.5. The lowest BCUT2D eigenvalue weighted by atomic mass is 9.77. The van der Waals surface area contributed by atoms with Crippen LogP contribution in [0.25, 0.3) is 22.2 Å². The number of aromatic nitrogens is 2. The summed E-state index contributed by atoms with van der Waals surface area (Å²) in [6.07, 6.45) is 0. The van der Waals surface area contributed by atoms with Gasteiger partial charge in [0.15, 0.2) is 0 Å². The van der Waals surface area contributed by atoms with Crippen LogP contribution in [-0.2, 0) is 5.54 Å². The Kier molecular flexibility index (Phi) is 6.00. The molecule has 190 valence electrons. The van der Waals surface area contributed by atoms with Crippen LogP contribution in [0.15, 0.2) is 127 Å². The highest BCUT2D eigenvalue weighted by molar-refractivity contribution is 6.00. The number of fused-ring (bicyclic) bond motifs is 1. The van der Waals surface area contributed by atoms with Crippen LogP contribution < -0.4 is 0 Å². The molecule has 0 unspecified atom stereocenters. The molecule has 0 saturated carbocycles. The highest BCUT2D eigenvalue weighted by Crippen LogP contribution is 2.44. The van der Waals surface area contributed by atoms with Gasteiger partial charge in [-0.05, 0) is 41.0 Å². The van der Waals surface area contributed by atoms with E-state index in [1.165, 1.54) is 24.3 Å². The number of hydrogen-bond donors (Lipinski definition) is 1. The molecule has 6 heteroatoms. The van der Waals surface area contributed by atoms with Gasteiger partial charge in [0.25, 0.3) is 0 Å². The molecule has 0 radical (unpaired) electrons. The van der Waals surface area contributed by atoms with Crippen molar-refractivity contribution in [2.45, 2.75) is 5.54 Å². The highest BCUT2D eigenvalue weighted by atomic mass is 19.1. The number of halogens is 2. The zero-order valence-electron chi connectivity index (χ0n) is 20.6. The zero-order chi connectivity index (χ0) is 27.0. The summed E-state index contributed by atoms with van der Waals surface area (Å²) in [4.78, 5) is 11.9. The van der Waals surface area contributed by atoms with E-state index in [0.29, 0.717) is 11.1 Å². The van der Waals surface area contributed by atoms with E-state index in [9.17, 15) is 14.3 Å². The quantitative estimate of drug-likeness (QED) is 0.233. The molecule has 0 aliphatic rings. The molecule has 0 amide bonds. The first-order valence-corrected chi connectivity index (χ1v) is 12.4. The molecule has 39 heavy (non-hydrogen) atoms.